The van der Waals surface area contributed by atoms with Crippen molar-refractivity contribution in [1.29, 1.82) is 0 Å². The first-order valence-electron chi connectivity index (χ1n) is 12.0. The lowest BCUT2D eigenvalue weighted by molar-refractivity contribution is 0.0234. The fourth-order valence-corrected chi connectivity index (χ4v) is 5.18. The minimum Gasteiger partial charge on any atom is -0.507 e. The van der Waals surface area contributed by atoms with E-state index in [0.717, 1.165) is 22.3 Å². The Balaban J connectivity index is 2.19. The van der Waals surface area contributed by atoms with Gasteiger partial charge in [0.05, 0.1) is 11.1 Å². The van der Waals surface area contributed by atoms with Gasteiger partial charge in [-0.2, -0.15) is 0 Å². The summed E-state index contributed by atoms with van der Waals surface area (Å²) in [5.74, 6) is -1.94. The number of cyclic esters (lactones) is 1. The lowest BCUT2D eigenvalue weighted by Gasteiger charge is -2.35. The monoisotopic (exact) mass is 474 g/mol. The Kier molecular flexibility index (Phi) is 6.32. The minimum atomic E-state index is -1.63. The molecular weight excluding hydrogens is 444 g/mol. The lowest BCUT2D eigenvalue weighted by atomic mass is 9.73. The van der Waals surface area contributed by atoms with Crippen LogP contribution in [0.5, 0.6) is 11.5 Å². The topological polar surface area (TPSA) is 104 Å². The second-order valence-electron chi connectivity index (χ2n) is 8.85. The van der Waals surface area contributed by atoms with Gasteiger partial charge in [-0.15, -0.1) is 0 Å². The predicted octanol–water partition coefficient (Wildman–Crippen LogP) is 5.51. The number of carbonyl (C=O) groups excluding carboxylic acids is 1. The number of fused-ring (bicyclic) bond motifs is 1. The molecule has 0 unspecified atom stereocenters. The van der Waals surface area contributed by atoms with Gasteiger partial charge in [-0.1, -0.05) is 45.9 Å². The third kappa shape index (κ3) is 3.73. The zero-order valence-electron chi connectivity index (χ0n) is 20.4. The fourth-order valence-electron chi connectivity index (χ4n) is 5.18. The molecule has 35 heavy (non-hydrogen) atoms. The molecule has 1 aliphatic heterocycles. The molecule has 0 fully saturated rings. The molecule has 3 aromatic carbocycles. The summed E-state index contributed by atoms with van der Waals surface area (Å²) in [6, 6.07) is 11.6. The quantitative estimate of drug-likeness (QED) is 0.390. The van der Waals surface area contributed by atoms with Crippen LogP contribution in [0, 0.1) is 0 Å². The number of aromatic hydroxyl groups is 2. The SMILES string of the molecule is CCc1cc(O)c(C2(c3c(O)cc(CC)cc3CC)OC(=O)c3cc(C(=O)O)ccc32)c(CC)c1. The highest BCUT2D eigenvalue weighted by molar-refractivity contribution is 6.00. The van der Waals surface area contributed by atoms with E-state index in [9.17, 15) is 24.9 Å². The number of aryl methyl sites for hydroxylation is 4. The third-order valence-electron chi connectivity index (χ3n) is 6.91. The van der Waals surface area contributed by atoms with E-state index >= 15 is 0 Å². The zero-order valence-corrected chi connectivity index (χ0v) is 20.4. The van der Waals surface area contributed by atoms with Crippen molar-refractivity contribution in [3.8, 4) is 11.5 Å². The number of benzene rings is 3. The molecule has 182 valence electrons. The summed E-state index contributed by atoms with van der Waals surface area (Å²) in [5, 5.41) is 32.2. The first-order valence-corrected chi connectivity index (χ1v) is 12.0. The van der Waals surface area contributed by atoms with Crippen LogP contribution in [-0.4, -0.2) is 27.3 Å². The van der Waals surface area contributed by atoms with Gasteiger partial charge in [0.25, 0.3) is 0 Å². The second-order valence-corrected chi connectivity index (χ2v) is 8.85. The van der Waals surface area contributed by atoms with E-state index < -0.39 is 17.5 Å². The Hall–Kier alpha value is -3.80. The molecule has 0 aromatic heterocycles. The van der Waals surface area contributed by atoms with Crippen LogP contribution in [0.3, 0.4) is 0 Å². The van der Waals surface area contributed by atoms with E-state index in [2.05, 4.69) is 0 Å². The molecule has 0 radical (unpaired) electrons. The smallest absolute Gasteiger partial charge is 0.340 e. The highest BCUT2D eigenvalue weighted by Crippen LogP contribution is 2.54. The summed E-state index contributed by atoms with van der Waals surface area (Å²) in [6.07, 6.45) is 2.52. The number of carbonyl (C=O) groups is 2. The van der Waals surface area contributed by atoms with Gasteiger partial charge in [0.1, 0.15) is 11.5 Å². The average Bonchev–Trinajstić information content (AvgIpc) is 3.14. The van der Waals surface area contributed by atoms with Crippen molar-refractivity contribution in [2.45, 2.75) is 59.0 Å². The predicted molar refractivity (Wildman–Crippen MR) is 132 cm³/mol. The van der Waals surface area contributed by atoms with E-state index in [1.807, 2.05) is 39.8 Å². The van der Waals surface area contributed by atoms with Crippen molar-refractivity contribution in [2.75, 3.05) is 0 Å². The standard InChI is InChI=1S/C29H30O6/c1-5-16-11-18(7-3)25(23(30)13-16)29(26-19(8-4)12-17(6-2)14-24(26)31)22-10-9-20(27(32)33)15-21(22)28(34)35-29/h9-15,30-31H,5-8H2,1-4H3,(H,32,33). The van der Waals surface area contributed by atoms with Crippen LogP contribution in [0.2, 0.25) is 0 Å². The molecule has 1 heterocycles. The summed E-state index contributed by atoms with van der Waals surface area (Å²) in [4.78, 5) is 24.9. The highest BCUT2D eigenvalue weighted by atomic mass is 16.6. The number of carboxylic acids is 1. The number of aromatic carboxylic acids is 1. The molecule has 0 atom stereocenters. The fraction of sp³-hybridized carbons (Fsp3) is 0.310. The van der Waals surface area contributed by atoms with E-state index in [-0.39, 0.29) is 22.6 Å². The second kappa shape index (κ2) is 9.10. The number of phenolic OH excluding ortho intramolecular Hbond substituents is 2. The lowest BCUT2D eigenvalue weighted by Crippen LogP contribution is -2.32. The highest BCUT2D eigenvalue weighted by Gasteiger charge is 2.53. The third-order valence-corrected chi connectivity index (χ3v) is 6.91. The van der Waals surface area contributed by atoms with Crippen LogP contribution in [-0.2, 0) is 36.0 Å². The first-order chi connectivity index (χ1) is 16.7. The van der Waals surface area contributed by atoms with Gasteiger partial charge in [-0.05, 0) is 72.2 Å². The van der Waals surface area contributed by atoms with Gasteiger partial charge in [-0.3, -0.25) is 0 Å². The maximum Gasteiger partial charge on any atom is 0.340 e. The van der Waals surface area contributed by atoms with Crippen molar-refractivity contribution >= 4 is 11.9 Å². The van der Waals surface area contributed by atoms with Crippen molar-refractivity contribution < 1.29 is 29.6 Å². The summed E-state index contributed by atoms with van der Waals surface area (Å²) < 4.78 is 6.17. The van der Waals surface area contributed by atoms with Crippen molar-refractivity contribution in [3.63, 3.8) is 0 Å². The van der Waals surface area contributed by atoms with Gasteiger partial charge in [0.15, 0.2) is 5.60 Å². The molecule has 3 N–H and O–H groups in total. The van der Waals surface area contributed by atoms with Crippen molar-refractivity contribution in [2.24, 2.45) is 0 Å². The molecule has 0 saturated heterocycles. The maximum absolute atomic E-state index is 13.3. The van der Waals surface area contributed by atoms with Crippen LogP contribution >= 0.6 is 0 Å². The number of carboxylic acid groups (broad SMARTS) is 1. The summed E-state index contributed by atoms with van der Waals surface area (Å²) in [7, 11) is 0. The van der Waals surface area contributed by atoms with Gasteiger partial charge in [-0.25, -0.2) is 9.59 Å². The van der Waals surface area contributed by atoms with Crippen molar-refractivity contribution in [3.05, 3.63) is 92.5 Å². The maximum atomic E-state index is 13.3. The summed E-state index contributed by atoms with van der Waals surface area (Å²) in [6.45, 7) is 7.90. The number of rotatable bonds is 7. The van der Waals surface area contributed by atoms with Crippen LogP contribution < -0.4 is 0 Å². The van der Waals surface area contributed by atoms with Crippen LogP contribution in [0.25, 0.3) is 0 Å². The van der Waals surface area contributed by atoms with Gasteiger partial charge < -0.3 is 20.1 Å². The van der Waals surface area contributed by atoms with E-state index in [0.29, 0.717) is 42.4 Å². The largest absolute Gasteiger partial charge is 0.507 e. The molecule has 0 saturated carbocycles. The molecule has 0 bridgehead atoms. The zero-order chi connectivity index (χ0) is 25.5. The summed E-state index contributed by atoms with van der Waals surface area (Å²) in [5.41, 5.74) is 3.05. The molecule has 0 spiro atoms. The number of hydrogen-bond acceptors (Lipinski definition) is 5. The molecule has 6 nitrogen and oxygen atoms in total. The number of esters is 1. The molecule has 1 aliphatic rings. The first kappa shape index (κ1) is 24.3. The molecular formula is C29H30O6. The van der Waals surface area contributed by atoms with Crippen LogP contribution in [0.4, 0.5) is 0 Å². The van der Waals surface area contributed by atoms with E-state index in [1.165, 1.54) is 12.1 Å². The van der Waals surface area contributed by atoms with Gasteiger partial charge in [0, 0.05) is 16.7 Å². The van der Waals surface area contributed by atoms with Crippen LogP contribution in [0.1, 0.15) is 87.4 Å². The average molecular weight is 475 g/mol. The van der Waals surface area contributed by atoms with Crippen molar-refractivity contribution in [1.82, 2.24) is 0 Å². The molecule has 6 heteroatoms. The minimum absolute atomic E-state index is 0.0369. The molecule has 3 aromatic rings. The van der Waals surface area contributed by atoms with Crippen LogP contribution in [0.15, 0.2) is 42.5 Å². The molecule has 0 aliphatic carbocycles. The van der Waals surface area contributed by atoms with E-state index in [4.69, 9.17) is 4.74 Å². The molecule has 4 rings (SSSR count). The number of ether oxygens (including phenoxy) is 1. The molecule has 0 amide bonds. The van der Waals surface area contributed by atoms with Gasteiger partial charge >= 0.3 is 11.9 Å². The Labute approximate surface area is 204 Å². The number of phenols is 2. The number of hydrogen-bond donors (Lipinski definition) is 3. The Bertz CT molecular complexity index is 1280. The normalized spacial score (nSPS) is 14.0. The Morgan fingerprint density at radius 3 is 1.74 bits per heavy atom. The van der Waals surface area contributed by atoms with E-state index in [1.54, 1.807) is 18.2 Å². The Morgan fingerprint density at radius 2 is 1.31 bits per heavy atom. The van der Waals surface area contributed by atoms with Gasteiger partial charge in [0.2, 0.25) is 0 Å². The Morgan fingerprint density at radius 1 is 0.800 bits per heavy atom. The summed E-state index contributed by atoms with van der Waals surface area (Å²) >= 11 is 0.